The highest BCUT2D eigenvalue weighted by Gasteiger charge is 2.22. The van der Waals surface area contributed by atoms with E-state index in [2.05, 4.69) is 17.4 Å². The maximum atomic E-state index is 13.0. The van der Waals surface area contributed by atoms with Gasteiger partial charge in [0.1, 0.15) is 11.3 Å². The summed E-state index contributed by atoms with van der Waals surface area (Å²) in [4.78, 5) is 38.0. The molecule has 3 rings (SSSR count). The summed E-state index contributed by atoms with van der Waals surface area (Å²) in [7, 11) is 4.59. The van der Waals surface area contributed by atoms with Crippen molar-refractivity contribution in [3.8, 4) is 0 Å². The minimum atomic E-state index is -0.438. The summed E-state index contributed by atoms with van der Waals surface area (Å²) in [5.74, 6) is -0.280. The van der Waals surface area contributed by atoms with Gasteiger partial charge in [0.25, 0.3) is 11.5 Å². The molecular formula is C22H28N4O4. The number of hydrogen-bond acceptors (Lipinski definition) is 4. The number of aryl methyl sites for hydroxylation is 2. The summed E-state index contributed by atoms with van der Waals surface area (Å²) in [6, 6.07) is 11.6. The van der Waals surface area contributed by atoms with Crippen molar-refractivity contribution in [2.24, 2.45) is 14.1 Å². The van der Waals surface area contributed by atoms with Gasteiger partial charge in [0.05, 0.1) is 12.0 Å². The van der Waals surface area contributed by atoms with Gasteiger partial charge < -0.3 is 14.6 Å². The van der Waals surface area contributed by atoms with Gasteiger partial charge in [-0.2, -0.15) is 0 Å². The van der Waals surface area contributed by atoms with Gasteiger partial charge in [0.2, 0.25) is 0 Å². The van der Waals surface area contributed by atoms with E-state index >= 15 is 0 Å². The van der Waals surface area contributed by atoms with Gasteiger partial charge in [-0.3, -0.25) is 18.7 Å². The molecule has 0 aliphatic rings. The predicted molar refractivity (Wildman–Crippen MR) is 116 cm³/mol. The first-order valence-corrected chi connectivity index (χ1v) is 9.98. The number of fused-ring (bicyclic) bond motifs is 1. The molecule has 0 aliphatic heterocycles. The number of aromatic nitrogens is 3. The molecule has 8 heteroatoms. The summed E-state index contributed by atoms with van der Waals surface area (Å²) in [5, 5.41) is 3.35. The van der Waals surface area contributed by atoms with Crippen LogP contribution in [-0.2, 0) is 31.8 Å². The zero-order valence-corrected chi connectivity index (χ0v) is 17.8. The van der Waals surface area contributed by atoms with E-state index in [1.165, 1.54) is 17.2 Å². The molecule has 2 heterocycles. The Morgan fingerprint density at radius 1 is 1.13 bits per heavy atom. The van der Waals surface area contributed by atoms with Gasteiger partial charge in [-0.05, 0) is 31.4 Å². The maximum Gasteiger partial charge on any atom is 0.332 e. The van der Waals surface area contributed by atoms with E-state index in [0.29, 0.717) is 29.9 Å². The molecule has 1 amide bonds. The normalized spacial score (nSPS) is 12.3. The number of carbonyl (C=O) groups excluding carboxylic acids is 1. The minimum absolute atomic E-state index is 0.0572. The Morgan fingerprint density at radius 3 is 2.50 bits per heavy atom. The van der Waals surface area contributed by atoms with Crippen molar-refractivity contribution in [3.63, 3.8) is 0 Å². The first-order chi connectivity index (χ1) is 14.3. The van der Waals surface area contributed by atoms with Crippen LogP contribution < -0.4 is 16.6 Å². The molecule has 3 aromatic rings. The van der Waals surface area contributed by atoms with E-state index in [1.54, 1.807) is 24.8 Å². The molecule has 1 atom stereocenters. The van der Waals surface area contributed by atoms with Crippen molar-refractivity contribution in [1.29, 1.82) is 0 Å². The first kappa shape index (κ1) is 21.6. The van der Waals surface area contributed by atoms with Crippen LogP contribution in [0.25, 0.3) is 11.0 Å². The second-order valence-electron chi connectivity index (χ2n) is 7.52. The summed E-state index contributed by atoms with van der Waals surface area (Å²) in [6.07, 6.45) is 1.64. The van der Waals surface area contributed by atoms with Gasteiger partial charge in [-0.15, -0.1) is 0 Å². The molecule has 0 spiro atoms. The van der Waals surface area contributed by atoms with E-state index in [9.17, 15) is 14.4 Å². The summed E-state index contributed by atoms with van der Waals surface area (Å²) < 4.78 is 9.29. The smallest absolute Gasteiger partial charge is 0.332 e. The Labute approximate surface area is 174 Å². The molecule has 0 bridgehead atoms. The Balaban J connectivity index is 1.90. The van der Waals surface area contributed by atoms with Crippen LogP contribution in [-0.4, -0.2) is 39.4 Å². The largest absolute Gasteiger partial charge is 0.383 e. The number of nitrogens with one attached hydrogen (secondary N) is 1. The highest BCUT2D eigenvalue weighted by molar-refractivity contribution is 5.98. The number of methoxy groups -OCH3 is 1. The monoisotopic (exact) mass is 412 g/mol. The number of carbonyl (C=O) groups is 1. The molecule has 30 heavy (non-hydrogen) atoms. The van der Waals surface area contributed by atoms with Crippen LogP contribution in [0.2, 0.25) is 0 Å². The van der Waals surface area contributed by atoms with E-state index in [1.807, 2.05) is 25.1 Å². The molecule has 1 unspecified atom stereocenters. The third-order valence-electron chi connectivity index (χ3n) is 5.33. The third-order valence-corrected chi connectivity index (χ3v) is 5.33. The minimum Gasteiger partial charge on any atom is -0.383 e. The highest BCUT2D eigenvalue weighted by atomic mass is 16.5. The lowest BCUT2D eigenvalue weighted by molar-refractivity contribution is 0.0926. The lowest BCUT2D eigenvalue weighted by atomic mass is 10.1. The highest BCUT2D eigenvalue weighted by Crippen LogP contribution is 2.16. The fourth-order valence-electron chi connectivity index (χ4n) is 3.64. The standard InChI is InChI=1S/C22H28N4O4/c1-15(10-11-16-8-6-5-7-9-16)23-19(27)18-14-17-20(26(18)12-13-30-4)24(2)22(29)25(3)21(17)28/h5-9,14-15H,10-13H2,1-4H3,(H,23,27). The number of nitrogens with zero attached hydrogens (tertiary/aromatic N) is 3. The van der Waals surface area contributed by atoms with E-state index in [4.69, 9.17) is 4.74 Å². The zero-order chi connectivity index (χ0) is 21.8. The molecule has 8 nitrogen and oxygen atoms in total. The van der Waals surface area contributed by atoms with Crippen molar-refractivity contribution in [3.05, 3.63) is 68.5 Å². The van der Waals surface area contributed by atoms with Crippen LogP contribution in [0.1, 0.15) is 29.4 Å². The number of benzene rings is 1. The van der Waals surface area contributed by atoms with E-state index in [0.717, 1.165) is 17.4 Å². The molecule has 1 aromatic carbocycles. The van der Waals surface area contributed by atoms with Crippen molar-refractivity contribution in [2.45, 2.75) is 32.4 Å². The number of amides is 1. The number of ether oxygens (including phenoxy) is 1. The molecular weight excluding hydrogens is 384 g/mol. The van der Waals surface area contributed by atoms with E-state index < -0.39 is 11.2 Å². The first-order valence-electron chi connectivity index (χ1n) is 9.98. The fourth-order valence-corrected chi connectivity index (χ4v) is 3.64. The number of hydrogen-bond donors (Lipinski definition) is 1. The molecule has 160 valence electrons. The Morgan fingerprint density at radius 2 is 1.83 bits per heavy atom. The lowest BCUT2D eigenvalue weighted by Gasteiger charge is -2.16. The van der Waals surface area contributed by atoms with Crippen LogP contribution in [0.15, 0.2) is 46.0 Å². The van der Waals surface area contributed by atoms with Crippen molar-refractivity contribution in [1.82, 2.24) is 19.0 Å². The Bertz CT molecular complexity index is 1160. The zero-order valence-electron chi connectivity index (χ0n) is 17.8. The van der Waals surface area contributed by atoms with Crippen LogP contribution in [0.4, 0.5) is 0 Å². The summed E-state index contributed by atoms with van der Waals surface area (Å²) >= 11 is 0. The van der Waals surface area contributed by atoms with Gasteiger partial charge in [-0.1, -0.05) is 30.3 Å². The van der Waals surface area contributed by atoms with Crippen LogP contribution >= 0.6 is 0 Å². The molecule has 0 aliphatic carbocycles. The molecule has 0 radical (unpaired) electrons. The van der Waals surface area contributed by atoms with Gasteiger partial charge in [0, 0.05) is 33.8 Å². The van der Waals surface area contributed by atoms with Crippen molar-refractivity contribution >= 4 is 16.9 Å². The summed E-state index contributed by atoms with van der Waals surface area (Å²) in [6.45, 7) is 2.65. The molecule has 0 saturated heterocycles. The average molecular weight is 412 g/mol. The molecule has 0 saturated carbocycles. The lowest BCUT2D eigenvalue weighted by Crippen LogP contribution is -2.37. The SMILES string of the molecule is COCCn1c(C(=O)NC(C)CCc2ccccc2)cc2c(=O)n(C)c(=O)n(C)c21. The maximum absolute atomic E-state index is 13.0. The molecule has 1 N–H and O–H groups in total. The van der Waals surface area contributed by atoms with Gasteiger partial charge >= 0.3 is 5.69 Å². The Kier molecular flexibility index (Phi) is 6.56. The van der Waals surface area contributed by atoms with Crippen molar-refractivity contribution < 1.29 is 9.53 Å². The average Bonchev–Trinajstić information content (AvgIpc) is 3.13. The van der Waals surface area contributed by atoms with Crippen LogP contribution in [0.5, 0.6) is 0 Å². The Hall–Kier alpha value is -3.13. The second-order valence-corrected chi connectivity index (χ2v) is 7.52. The molecule has 2 aromatic heterocycles. The van der Waals surface area contributed by atoms with Crippen molar-refractivity contribution in [2.75, 3.05) is 13.7 Å². The fraction of sp³-hybridized carbons (Fsp3) is 0.409. The summed E-state index contributed by atoms with van der Waals surface area (Å²) in [5.41, 5.74) is 1.11. The number of rotatable bonds is 8. The van der Waals surface area contributed by atoms with Gasteiger partial charge in [-0.25, -0.2) is 4.79 Å². The molecule has 0 fully saturated rings. The topological polar surface area (TPSA) is 87.3 Å². The predicted octanol–water partition coefficient (Wildman–Crippen LogP) is 1.44. The second kappa shape index (κ2) is 9.13. The quantitative estimate of drug-likeness (QED) is 0.606. The van der Waals surface area contributed by atoms with E-state index in [-0.39, 0.29) is 11.9 Å². The van der Waals surface area contributed by atoms with Gasteiger partial charge in [0.15, 0.2) is 0 Å². The third kappa shape index (κ3) is 4.23. The van der Waals surface area contributed by atoms with Crippen LogP contribution in [0, 0.1) is 0 Å². The van der Waals surface area contributed by atoms with Crippen LogP contribution in [0.3, 0.4) is 0 Å².